The van der Waals surface area contributed by atoms with Crippen molar-refractivity contribution in [2.45, 2.75) is 51.6 Å². The molecule has 0 heterocycles. The van der Waals surface area contributed by atoms with E-state index in [9.17, 15) is 0 Å². The number of rotatable bonds is 7. The van der Waals surface area contributed by atoms with E-state index in [1.807, 2.05) is 7.11 Å². The standard InChI is InChI=1S/C12H25NO/c1-4-11(5-2)9-13-10-12(14-3)7-6-8-12/h11,13H,4-10H2,1-3H3. The van der Waals surface area contributed by atoms with Crippen LogP contribution in [0.3, 0.4) is 0 Å². The molecule has 1 saturated carbocycles. The summed E-state index contributed by atoms with van der Waals surface area (Å²) in [5.74, 6) is 0.837. The highest BCUT2D eigenvalue weighted by molar-refractivity contribution is 4.91. The van der Waals surface area contributed by atoms with Crippen molar-refractivity contribution in [3.63, 3.8) is 0 Å². The Labute approximate surface area is 88.4 Å². The van der Waals surface area contributed by atoms with Gasteiger partial charge in [-0.25, -0.2) is 0 Å². The summed E-state index contributed by atoms with van der Waals surface area (Å²) in [6.45, 7) is 6.73. The molecular formula is C12H25NO. The third-order valence-corrected chi connectivity index (χ3v) is 3.73. The smallest absolute Gasteiger partial charge is 0.0802 e. The average molecular weight is 199 g/mol. The summed E-state index contributed by atoms with van der Waals surface area (Å²) in [5.41, 5.74) is 0.187. The van der Waals surface area contributed by atoms with Crippen molar-refractivity contribution in [2.24, 2.45) is 5.92 Å². The molecule has 1 fully saturated rings. The second-order valence-corrected chi connectivity index (χ2v) is 4.55. The fourth-order valence-corrected chi connectivity index (χ4v) is 2.11. The van der Waals surface area contributed by atoms with Gasteiger partial charge in [0.05, 0.1) is 5.60 Å². The van der Waals surface area contributed by atoms with Gasteiger partial charge in [-0.15, -0.1) is 0 Å². The van der Waals surface area contributed by atoms with Crippen LogP contribution in [0.25, 0.3) is 0 Å². The quantitative estimate of drug-likeness (QED) is 0.680. The Hall–Kier alpha value is -0.0800. The summed E-state index contributed by atoms with van der Waals surface area (Å²) < 4.78 is 5.56. The minimum atomic E-state index is 0.187. The number of methoxy groups -OCH3 is 1. The Morgan fingerprint density at radius 1 is 1.29 bits per heavy atom. The van der Waals surface area contributed by atoms with Crippen molar-refractivity contribution in [3.8, 4) is 0 Å². The summed E-state index contributed by atoms with van der Waals surface area (Å²) in [4.78, 5) is 0. The molecule has 1 aliphatic carbocycles. The summed E-state index contributed by atoms with van der Waals surface area (Å²) >= 11 is 0. The van der Waals surface area contributed by atoms with Crippen LogP contribution in [0.1, 0.15) is 46.0 Å². The van der Waals surface area contributed by atoms with Crippen LogP contribution in [0.4, 0.5) is 0 Å². The molecule has 0 radical (unpaired) electrons. The molecule has 0 aromatic carbocycles. The lowest BCUT2D eigenvalue weighted by Gasteiger charge is -2.41. The highest BCUT2D eigenvalue weighted by Crippen LogP contribution is 2.34. The third kappa shape index (κ3) is 2.96. The van der Waals surface area contributed by atoms with Gasteiger partial charge in [-0.3, -0.25) is 0 Å². The highest BCUT2D eigenvalue weighted by Gasteiger charge is 2.36. The molecule has 84 valence electrons. The SMILES string of the molecule is CCC(CC)CNCC1(OC)CCC1. The fourth-order valence-electron chi connectivity index (χ4n) is 2.11. The monoisotopic (exact) mass is 199 g/mol. The van der Waals surface area contributed by atoms with E-state index in [2.05, 4.69) is 19.2 Å². The van der Waals surface area contributed by atoms with Gasteiger partial charge in [-0.1, -0.05) is 26.7 Å². The van der Waals surface area contributed by atoms with Crippen molar-refractivity contribution in [3.05, 3.63) is 0 Å². The maximum Gasteiger partial charge on any atom is 0.0802 e. The second-order valence-electron chi connectivity index (χ2n) is 4.55. The zero-order valence-electron chi connectivity index (χ0n) is 9.94. The number of hydrogen-bond acceptors (Lipinski definition) is 2. The minimum Gasteiger partial charge on any atom is -0.377 e. The maximum absolute atomic E-state index is 5.56. The molecule has 0 unspecified atom stereocenters. The first kappa shape index (κ1) is 12.0. The Bertz CT molecular complexity index is 145. The molecule has 0 aliphatic heterocycles. The third-order valence-electron chi connectivity index (χ3n) is 3.73. The number of hydrogen-bond donors (Lipinski definition) is 1. The maximum atomic E-state index is 5.56. The van der Waals surface area contributed by atoms with Crippen LogP contribution in [0.5, 0.6) is 0 Å². The second kappa shape index (κ2) is 5.72. The van der Waals surface area contributed by atoms with Gasteiger partial charge in [0.1, 0.15) is 0 Å². The summed E-state index contributed by atoms with van der Waals surface area (Å²) in [6.07, 6.45) is 6.37. The molecule has 1 aliphatic rings. The number of ether oxygens (including phenoxy) is 1. The summed E-state index contributed by atoms with van der Waals surface area (Å²) in [7, 11) is 1.85. The molecule has 0 atom stereocenters. The van der Waals surface area contributed by atoms with Gasteiger partial charge < -0.3 is 10.1 Å². The van der Waals surface area contributed by atoms with E-state index >= 15 is 0 Å². The zero-order chi connectivity index (χ0) is 10.4. The van der Waals surface area contributed by atoms with Gasteiger partial charge in [0.15, 0.2) is 0 Å². The van der Waals surface area contributed by atoms with Crippen LogP contribution in [0.2, 0.25) is 0 Å². The predicted octanol–water partition coefficient (Wildman–Crippen LogP) is 2.58. The Morgan fingerprint density at radius 2 is 1.93 bits per heavy atom. The Balaban J connectivity index is 2.13. The van der Waals surface area contributed by atoms with Crippen LogP contribution in [0.15, 0.2) is 0 Å². The van der Waals surface area contributed by atoms with E-state index in [0.717, 1.165) is 19.0 Å². The highest BCUT2D eigenvalue weighted by atomic mass is 16.5. The molecule has 0 spiro atoms. The van der Waals surface area contributed by atoms with E-state index in [4.69, 9.17) is 4.74 Å². The van der Waals surface area contributed by atoms with E-state index in [1.165, 1.54) is 32.1 Å². The van der Waals surface area contributed by atoms with Gasteiger partial charge in [0.2, 0.25) is 0 Å². The van der Waals surface area contributed by atoms with Gasteiger partial charge in [-0.05, 0) is 31.7 Å². The normalized spacial score (nSPS) is 19.7. The zero-order valence-corrected chi connectivity index (χ0v) is 9.94. The molecular weight excluding hydrogens is 174 g/mol. The van der Waals surface area contributed by atoms with Crippen LogP contribution < -0.4 is 5.32 Å². The van der Waals surface area contributed by atoms with E-state index < -0.39 is 0 Å². The molecule has 2 nitrogen and oxygen atoms in total. The van der Waals surface area contributed by atoms with Crippen molar-refractivity contribution < 1.29 is 4.74 Å². The van der Waals surface area contributed by atoms with Gasteiger partial charge in [-0.2, -0.15) is 0 Å². The van der Waals surface area contributed by atoms with Crippen LogP contribution in [0, 0.1) is 5.92 Å². The Kier molecular flexibility index (Phi) is 4.90. The topological polar surface area (TPSA) is 21.3 Å². The molecule has 1 N–H and O–H groups in total. The predicted molar refractivity (Wildman–Crippen MR) is 60.5 cm³/mol. The Morgan fingerprint density at radius 3 is 2.29 bits per heavy atom. The molecule has 2 heteroatoms. The molecule has 1 rings (SSSR count). The van der Waals surface area contributed by atoms with Crippen molar-refractivity contribution in [1.29, 1.82) is 0 Å². The number of nitrogens with one attached hydrogen (secondary N) is 1. The first-order valence-corrected chi connectivity index (χ1v) is 6.02. The summed E-state index contributed by atoms with van der Waals surface area (Å²) in [6, 6.07) is 0. The molecule has 0 saturated heterocycles. The molecule has 0 amide bonds. The first-order chi connectivity index (χ1) is 6.76. The van der Waals surface area contributed by atoms with Gasteiger partial charge >= 0.3 is 0 Å². The lowest BCUT2D eigenvalue weighted by molar-refractivity contribution is -0.0697. The largest absolute Gasteiger partial charge is 0.377 e. The molecule has 14 heavy (non-hydrogen) atoms. The van der Waals surface area contributed by atoms with Crippen molar-refractivity contribution >= 4 is 0 Å². The molecule has 0 aromatic rings. The van der Waals surface area contributed by atoms with Crippen LogP contribution >= 0.6 is 0 Å². The summed E-state index contributed by atoms with van der Waals surface area (Å²) in [5, 5.41) is 3.56. The van der Waals surface area contributed by atoms with Gasteiger partial charge in [0.25, 0.3) is 0 Å². The fraction of sp³-hybridized carbons (Fsp3) is 1.00. The molecule has 0 aromatic heterocycles. The van der Waals surface area contributed by atoms with Crippen LogP contribution in [-0.4, -0.2) is 25.8 Å². The van der Waals surface area contributed by atoms with E-state index in [1.54, 1.807) is 0 Å². The minimum absolute atomic E-state index is 0.187. The lowest BCUT2D eigenvalue weighted by atomic mass is 9.80. The van der Waals surface area contributed by atoms with Gasteiger partial charge in [0, 0.05) is 13.7 Å². The van der Waals surface area contributed by atoms with Crippen molar-refractivity contribution in [2.75, 3.05) is 20.2 Å². The first-order valence-electron chi connectivity index (χ1n) is 6.02. The van der Waals surface area contributed by atoms with E-state index in [-0.39, 0.29) is 5.60 Å². The van der Waals surface area contributed by atoms with E-state index in [0.29, 0.717) is 0 Å². The lowest BCUT2D eigenvalue weighted by Crippen LogP contribution is -2.48. The molecule has 0 bridgehead atoms. The average Bonchev–Trinajstić information content (AvgIpc) is 2.16. The van der Waals surface area contributed by atoms with Crippen molar-refractivity contribution in [1.82, 2.24) is 5.32 Å². The van der Waals surface area contributed by atoms with Crippen LogP contribution in [-0.2, 0) is 4.74 Å².